The number of unbranched alkanes of at least 4 members (excludes halogenated alkanes) is 1. The van der Waals surface area contributed by atoms with E-state index in [-0.39, 0.29) is 11.5 Å². The zero-order chi connectivity index (χ0) is 17.0. The van der Waals surface area contributed by atoms with Crippen LogP contribution in [0, 0.1) is 5.92 Å². The van der Waals surface area contributed by atoms with Gasteiger partial charge in [-0.2, -0.15) is 5.10 Å². The van der Waals surface area contributed by atoms with Crippen LogP contribution in [0.25, 0.3) is 0 Å². The third-order valence-corrected chi connectivity index (χ3v) is 4.69. The number of likely N-dealkylation sites (N-methyl/N-ethyl adjacent to an activating group) is 1. The molecule has 2 heterocycles. The summed E-state index contributed by atoms with van der Waals surface area (Å²) in [5, 5.41) is 4.27. The minimum atomic E-state index is -0.144. The Kier molecular flexibility index (Phi) is 5.93. The fraction of sp³-hybridized carbons (Fsp3) is 0.706. The van der Waals surface area contributed by atoms with Crippen LogP contribution in [0.3, 0.4) is 0 Å². The first-order valence-corrected chi connectivity index (χ1v) is 8.51. The van der Waals surface area contributed by atoms with Gasteiger partial charge >= 0.3 is 0 Å². The van der Waals surface area contributed by atoms with Gasteiger partial charge in [0.25, 0.3) is 11.5 Å². The minimum absolute atomic E-state index is 0.0713. The molecule has 0 spiro atoms. The van der Waals surface area contributed by atoms with E-state index in [1.54, 1.807) is 6.07 Å². The molecule has 1 aromatic heterocycles. The standard InChI is InChI=1S/C17H28N4O2/c1-5-7-10-21-16(22)9-8-14(18-21)17(23)20-11-13(6-2)15(12-20)19(3)4/h8-9,13,15H,5-7,10-12H2,1-4H3/t13-,15+/m1/s1. The fourth-order valence-electron chi connectivity index (χ4n) is 3.20. The monoisotopic (exact) mass is 320 g/mol. The van der Waals surface area contributed by atoms with E-state index in [0.29, 0.717) is 24.2 Å². The lowest BCUT2D eigenvalue weighted by molar-refractivity contribution is 0.0772. The molecule has 6 heteroatoms. The van der Waals surface area contributed by atoms with Crippen molar-refractivity contribution in [2.75, 3.05) is 27.2 Å². The van der Waals surface area contributed by atoms with E-state index in [2.05, 4.69) is 37.9 Å². The zero-order valence-electron chi connectivity index (χ0n) is 14.7. The Balaban J connectivity index is 2.16. The Morgan fingerprint density at radius 3 is 2.61 bits per heavy atom. The van der Waals surface area contributed by atoms with E-state index < -0.39 is 0 Å². The molecule has 0 N–H and O–H groups in total. The van der Waals surface area contributed by atoms with Gasteiger partial charge in [0.05, 0.1) is 0 Å². The Labute approximate surface area is 138 Å². The summed E-state index contributed by atoms with van der Waals surface area (Å²) in [6.07, 6.45) is 2.92. The van der Waals surface area contributed by atoms with Gasteiger partial charge in [-0.05, 0) is 32.5 Å². The molecule has 2 atom stereocenters. The van der Waals surface area contributed by atoms with Crippen molar-refractivity contribution in [1.29, 1.82) is 0 Å². The predicted octanol–water partition coefficient (Wildman–Crippen LogP) is 1.46. The van der Waals surface area contributed by atoms with Crippen molar-refractivity contribution in [1.82, 2.24) is 19.6 Å². The first-order chi connectivity index (χ1) is 11.0. The van der Waals surface area contributed by atoms with Gasteiger partial charge in [-0.15, -0.1) is 0 Å². The Hall–Kier alpha value is -1.69. The summed E-state index contributed by atoms with van der Waals surface area (Å²) in [6.45, 7) is 6.28. The Morgan fingerprint density at radius 1 is 1.30 bits per heavy atom. The molecule has 6 nitrogen and oxygen atoms in total. The Morgan fingerprint density at radius 2 is 2.04 bits per heavy atom. The smallest absolute Gasteiger partial charge is 0.274 e. The first kappa shape index (κ1) is 17.7. The maximum Gasteiger partial charge on any atom is 0.274 e. The van der Waals surface area contributed by atoms with Crippen molar-refractivity contribution in [3.05, 3.63) is 28.2 Å². The van der Waals surface area contributed by atoms with E-state index in [0.717, 1.165) is 32.4 Å². The molecule has 128 valence electrons. The number of hydrogen-bond donors (Lipinski definition) is 0. The summed E-state index contributed by atoms with van der Waals surface area (Å²) in [6, 6.07) is 3.39. The second kappa shape index (κ2) is 7.73. The van der Waals surface area contributed by atoms with Crippen molar-refractivity contribution in [3.8, 4) is 0 Å². The third-order valence-electron chi connectivity index (χ3n) is 4.69. The van der Waals surface area contributed by atoms with Crippen LogP contribution in [0.5, 0.6) is 0 Å². The SMILES string of the molecule is CCCCn1nc(C(=O)N2C[C@@H](CC)[C@@H](N(C)C)C2)ccc1=O. The van der Waals surface area contributed by atoms with E-state index in [1.165, 1.54) is 10.7 Å². The average molecular weight is 320 g/mol. The molecule has 0 bridgehead atoms. The highest BCUT2D eigenvalue weighted by Gasteiger charge is 2.36. The van der Waals surface area contributed by atoms with Gasteiger partial charge in [0, 0.05) is 31.7 Å². The van der Waals surface area contributed by atoms with E-state index in [9.17, 15) is 9.59 Å². The van der Waals surface area contributed by atoms with Gasteiger partial charge in [-0.3, -0.25) is 9.59 Å². The van der Waals surface area contributed by atoms with Gasteiger partial charge in [-0.25, -0.2) is 4.68 Å². The zero-order valence-corrected chi connectivity index (χ0v) is 14.7. The van der Waals surface area contributed by atoms with Crippen LogP contribution in [0.2, 0.25) is 0 Å². The first-order valence-electron chi connectivity index (χ1n) is 8.51. The van der Waals surface area contributed by atoms with Gasteiger partial charge in [0.1, 0.15) is 5.69 Å². The van der Waals surface area contributed by atoms with Crippen LogP contribution < -0.4 is 5.56 Å². The number of amides is 1. The number of likely N-dealkylation sites (tertiary alicyclic amines) is 1. The molecular formula is C17H28N4O2. The molecule has 1 saturated heterocycles. The van der Waals surface area contributed by atoms with Crippen LogP contribution in [0.15, 0.2) is 16.9 Å². The van der Waals surface area contributed by atoms with Crippen LogP contribution in [0.4, 0.5) is 0 Å². The lowest BCUT2D eigenvalue weighted by atomic mass is 10.0. The van der Waals surface area contributed by atoms with Crippen molar-refractivity contribution >= 4 is 5.91 Å². The van der Waals surface area contributed by atoms with Crippen LogP contribution in [-0.4, -0.2) is 58.7 Å². The van der Waals surface area contributed by atoms with Crippen LogP contribution >= 0.6 is 0 Å². The summed E-state index contributed by atoms with van der Waals surface area (Å²) < 4.78 is 1.41. The van der Waals surface area contributed by atoms with Gasteiger partial charge in [0.2, 0.25) is 0 Å². The highest BCUT2D eigenvalue weighted by Crippen LogP contribution is 2.24. The molecule has 1 aliphatic heterocycles. The van der Waals surface area contributed by atoms with E-state index in [4.69, 9.17) is 0 Å². The number of aromatic nitrogens is 2. The second-order valence-electron chi connectivity index (χ2n) is 6.54. The second-order valence-corrected chi connectivity index (χ2v) is 6.54. The summed E-state index contributed by atoms with van der Waals surface area (Å²) in [7, 11) is 4.12. The van der Waals surface area contributed by atoms with Crippen LogP contribution in [0.1, 0.15) is 43.6 Å². The highest BCUT2D eigenvalue weighted by atomic mass is 16.2. The van der Waals surface area contributed by atoms with Gasteiger partial charge < -0.3 is 9.80 Å². The molecule has 0 aliphatic carbocycles. The van der Waals surface area contributed by atoms with Gasteiger partial charge in [-0.1, -0.05) is 26.7 Å². The molecular weight excluding hydrogens is 292 g/mol. The van der Waals surface area contributed by atoms with Crippen molar-refractivity contribution in [2.45, 2.75) is 45.7 Å². The topological polar surface area (TPSA) is 58.4 Å². The number of rotatable bonds is 6. The third kappa shape index (κ3) is 3.99. The maximum absolute atomic E-state index is 12.7. The van der Waals surface area contributed by atoms with E-state index in [1.807, 2.05) is 4.90 Å². The van der Waals surface area contributed by atoms with Crippen molar-refractivity contribution in [2.24, 2.45) is 5.92 Å². The lowest BCUT2D eigenvalue weighted by Gasteiger charge is -2.23. The van der Waals surface area contributed by atoms with Crippen molar-refractivity contribution < 1.29 is 4.79 Å². The summed E-state index contributed by atoms with van der Waals surface area (Å²) in [5.74, 6) is 0.415. The highest BCUT2D eigenvalue weighted by molar-refractivity contribution is 5.92. The van der Waals surface area contributed by atoms with Gasteiger partial charge in [0.15, 0.2) is 0 Å². The molecule has 0 unspecified atom stereocenters. The molecule has 23 heavy (non-hydrogen) atoms. The minimum Gasteiger partial charge on any atom is -0.335 e. The largest absolute Gasteiger partial charge is 0.335 e. The number of hydrogen-bond acceptors (Lipinski definition) is 4. The number of nitrogens with zero attached hydrogens (tertiary/aromatic N) is 4. The lowest BCUT2D eigenvalue weighted by Crippen LogP contribution is -2.37. The molecule has 1 amide bonds. The van der Waals surface area contributed by atoms with Crippen molar-refractivity contribution in [3.63, 3.8) is 0 Å². The number of aryl methyl sites for hydroxylation is 1. The molecule has 1 aromatic rings. The maximum atomic E-state index is 12.7. The summed E-state index contributed by atoms with van der Waals surface area (Å²) >= 11 is 0. The predicted molar refractivity (Wildman–Crippen MR) is 90.6 cm³/mol. The Bertz CT molecular complexity index is 597. The normalized spacial score (nSPS) is 21.2. The number of carbonyl (C=O) groups is 1. The molecule has 2 rings (SSSR count). The quantitative estimate of drug-likeness (QED) is 0.796. The number of carbonyl (C=O) groups excluding carboxylic acids is 1. The molecule has 0 radical (unpaired) electrons. The van der Waals surface area contributed by atoms with Crippen LogP contribution in [-0.2, 0) is 6.54 Å². The molecule has 0 saturated carbocycles. The van der Waals surface area contributed by atoms with E-state index >= 15 is 0 Å². The fourth-order valence-corrected chi connectivity index (χ4v) is 3.20. The molecule has 1 fully saturated rings. The molecule has 1 aliphatic rings. The average Bonchev–Trinajstić information content (AvgIpc) is 2.98. The molecule has 0 aromatic carbocycles. The summed E-state index contributed by atoms with van der Waals surface area (Å²) in [4.78, 5) is 28.6. The summed E-state index contributed by atoms with van der Waals surface area (Å²) in [5.41, 5.74) is 0.226.